The molecule has 1 aromatic carbocycles. The molecule has 1 fully saturated rings. The van der Waals surface area contributed by atoms with Crippen molar-refractivity contribution in [1.82, 2.24) is 0 Å². The van der Waals surface area contributed by atoms with Crippen LogP contribution >= 0.6 is 15.9 Å². The molecule has 1 aliphatic carbocycles. The molecule has 3 heteroatoms. The minimum absolute atomic E-state index is 0.217. The molecule has 0 saturated heterocycles. The summed E-state index contributed by atoms with van der Waals surface area (Å²) in [4.78, 5) is 0. The van der Waals surface area contributed by atoms with Crippen molar-refractivity contribution in [2.75, 3.05) is 6.54 Å². The Bertz CT molecular complexity index is 436. The highest BCUT2D eigenvalue weighted by Gasteiger charge is 2.17. The van der Waals surface area contributed by atoms with E-state index in [1.165, 1.54) is 49.8 Å². The Balaban J connectivity index is 2.22. The molecule has 1 aliphatic rings. The SMILES string of the molecule is NC/C(=C/c1ccc(F)cc1Br)C1CCCCC1. The summed E-state index contributed by atoms with van der Waals surface area (Å²) in [5.41, 5.74) is 8.18. The van der Waals surface area contributed by atoms with Crippen LogP contribution in [0.4, 0.5) is 4.39 Å². The first kappa shape index (κ1) is 13.8. The van der Waals surface area contributed by atoms with Crippen LogP contribution in [0.25, 0.3) is 6.08 Å². The fourth-order valence-corrected chi connectivity index (χ4v) is 3.10. The van der Waals surface area contributed by atoms with Crippen molar-refractivity contribution >= 4 is 22.0 Å². The van der Waals surface area contributed by atoms with Gasteiger partial charge in [-0.25, -0.2) is 4.39 Å². The van der Waals surface area contributed by atoms with Crippen LogP contribution in [-0.2, 0) is 0 Å². The summed E-state index contributed by atoms with van der Waals surface area (Å²) in [5.74, 6) is 0.395. The number of rotatable bonds is 3. The predicted molar refractivity (Wildman–Crippen MR) is 77.7 cm³/mol. The highest BCUT2D eigenvalue weighted by molar-refractivity contribution is 9.10. The third kappa shape index (κ3) is 3.42. The summed E-state index contributed by atoms with van der Waals surface area (Å²) < 4.78 is 13.8. The Hall–Kier alpha value is -0.670. The molecular formula is C15H19BrFN. The molecule has 0 heterocycles. The van der Waals surface area contributed by atoms with Crippen LogP contribution in [-0.4, -0.2) is 6.54 Å². The number of nitrogens with two attached hydrogens (primary N) is 1. The van der Waals surface area contributed by atoms with E-state index < -0.39 is 0 Å². The van der Waals surface area contributed by atoms with Gasteiger partial charge in [-0.15, -0.1) is 0 Å². The minimum atomic E-state index is -0.217. The predicted octanol–water partition coefficient (Wildman–Crippen LogP) is 4.51. The first-order chi connectivity index (χ1) is 8.70. The average Bonchev–Trinajstić information content (AvgIpc) is 2.39. The van der Waals surface area contributed by atoms with Crippen LogP contribution in [0.5, 0.6) is 0 Å². The second-order valence-corrected chi connectivity index (χ2v) is 5.78. The minimum Gasteiger partial charge on any atom is -0.327 e. The van der Waals surface area contributed by atoms with E-state index in [0.29, 0.717) is 12.5 Å². The van der Waals surface area contributed by atoms with E-state index in [2.05, 4.69) is 22.0 Å². The number of halogens is 2. The van der Waals surface area contributed by atoms with Crippen molar-refractivity contribution < 1.29 is 4.39 Å². The molecule has 0 radical (unpaired) electrons. The van der Waals surface area contributed by atoms with Crippen molar-refractivity contribution in [3.63, 3.8) is 0 Å². The smallest absolute Gasteiger partial charge is 0.124 e. The summed E-state index contributed by atoms with van der Waals surface area (Å²) >= 11 is 3.40. The molecule has 1 aromatic rings. The molecule has 18 heavy (non-hydrogen) atoms. The van der Waals surface area contributed by atoms with E-state index in [-0.39, 0.29) is 5.82 Å². The Morgan fingerprint density at radius 1 is 1.33 bits per heavy atom. The highest BCUT2D eigenvalue weighted by atomic mass is 79.9. The molecule has 1 nitrogen and oxygen atoms in total. The number of hydrogen-bond acceptors (Lipinski definition) is 1. The zero-order chi connectivity index (χ0) is 13.0. The van der Waals surface area contributed by atoms with Gasteiger partial charge in [-0.1, -0.05) is 52.9 Å². The van der Waals surface area contributed by atoms with Gasteiger partial charge in [0.05, 0.1) is 0 Å². The molecule has 1 saturated carbocycles. The van der Waals surface area contributed by atoms with E-state index in [9.17, 15) is 4.39 Å². The van der Waals surface area contributed by atoms with Gasteiger partial charge in [0.1, 0.15) is 5.82 Å². The lowest BCUT2D eigenvalue weighted by molar-refractivity contribution is 0.401. The highest BCUT2D eigenvalue weighted by Crippen LogP contribution is 2.31. The zero-order valence-corrected chi connectivity index (χ0v) is 12.0. The molecular weight excluding hydrogens is 293 g/mol. The summed E-state index contributed by atoms with van der Waals surface area (Å²) in [5, 5.41) is 0. The third-order valence-electron chi connectivity index (χ3n) is 3.67. The summed E-state index contributed by atoms with van der Waals surface area (Å²) in [7, 11) is 0. The van der Waals surface area contributed by atoms with Crippen LogP contribution in [0.1, 0.15) is 37.7 Å². The van der Waals surface area contributed by atoms with E-state index in [1.54, 1.807) is 6.07 Å². The van der Waals surface area contributed by atoms with Crippen LogP contribution in [0.15, 0.2) is 28.2 Å². The third-order valence-corrected chi connectivity index (χ3v) is 4.36. The van der Waals surface area contributed by atoms with Gasteiger partial charge < -0.3 is 5.73 Å². The molecule has 0 bridgehead atoms. The molecule has 0 spiro atoms. The van der Waals surface area contributed by atoms with Gasteiger partial charge in [0, 0.05) is 11.0 Å². The Labute approximate surface area is 116 Å². The average molecular weight is 312 g/mol. The zero-order valence-electron chi connectivity index (χ0n) is 10.5. The lowest BCUT2D eigenvalue weighted by atomic mass is 9.83. The van der Waals surface area contributed by atoms with Gasteiger partial charge in [0.2, 0.25) is 0 Å². The Morgan fingerprint density at radius 3 is 2.67 bits per heavy atom. The van der Waals surface area contributed by atoms with E-state index in [4.69, 9.17) is 5.73 Å². The second-order valence-electron chi connectivity index (χ2n) is 4.92. The largest absolute Gasteiger partial charge is 0.327 e. The van der Waals surface area contributed by atoms with Gasteiger partial charge >= 0.3 is 0 Å². The lowest BCUT2D eigenvalue weighted by Gasteiger charge is -2.24. The second kappa shape index (κ2) is 6.48. The molecule has 0 unspecified atom stereocenters. The van der Waals surface area contributed by atoms with Crippen LogP contribution < -0.4 is 5.73 Å². The Morgan fingerprint density at radius 2 is 2.06 bits per heavy atom. The van der Waals surface area contributed by atoms with Crippen LogP contribution in [0.2, 0.25) is 0 Å². The molecule has 0 aromatic heterocycles. The van der Waals surface area contributed by atoms with Crippen molar-refractivity contribution in [2.24, 2.45) is 11.7 Å². The Kier molecular flexibility index (Phi) is 4.95. The first-order valence-corrected chi connectivity index (χ1v) is 7.35. The molecule has 0 atom stereocenters. The number of benzene rings is 1. The summed E-state index contributed by atoms with van der Waals surface area (Å²) in [6.07, 6.45) is 8.54. The van der Waals surface area contributed by atoms with Crippen LogP contribution in [0.3, 0.4) is 0 Å². The van der Waals surface area contributed by atoms with Gasteiger partial charge in [0.25, 0.3) is 0 Å². The maximum absolute atomic E-state index is 13.0. The summed E-state index contributed by atoms with van der Waals surface area (Å²) in [6, 6.07) is 4.80. The van der Waals surface area contributed by atoms with E-state index in [0.717, 1.165) is 10.0 Å². The van der Waals surface area contributed by atoms with E-state index in [1.807, 2.05) is 0 Å². The fraction of sp³-hybridized carbons (Fsp3) is 0.467. The van der Waals surface area contributed by atoms with Gasteiger partial charge in [0.15, 0.2) is 0 Å². The van der Waals surface area contributed by atoms with Crippen LogP contribution in [0, 0.1) is 11.7 Å². The molecule has 2 rings (SSSR count). The molecule has 2 N–H and O–H groups in total. The number of hydrogen-bond donors (Lipinski definition) is 1. The molecule has 98 valence electrons. The maximum atomic E-state index is 13.0. The normalized spacial score (nSPS) is 18.1. The summed E-state index contributed by atoms with van der Waals surface area (Å²) in [6.45, 7) is 0.592. The standard InChI is InChI=1S/C15H19BrFN/c16-15-9-14(17)7-6-12(15)8-13(10-18)11-4-2-1-3-5-11/h6-9,11H,1-5,10,18H2/b13-8-. The topological polar surface area (TPSA) is 26.0 Å². The van der Waals surface area contributed by atoms with E-state index >= 15 is 0 Å². The van der Waals surface area contributed by atoms with Crippen molar-refractivity contribution in [1.29, 1.82) is 0 Å². The first-order valence-electron chi connectivity index (χ1n) is 6.56. The molecule has 0 aliphatic heterocycles. The van der Waals surface area contributed by atoms with Crippen molar-refractivity contribution in [2.45, 2.75) is 32.1 Å². The fourth-order valence-electron chi connectivity index (χ4n) is 2.64. The van der Waals surface area contributed by atoms with Gasteiger partial charge in [-0.2, -0.15) is 0 Å². The quantitative estimate of drug-likeness (QED) is 0.873. The molecule has 0 amide bonds. The van der Waals surface area contributed by atoms with Gasteiger partial charge in [-0.05, 0) is 36.5 Å². The maximum Gasteiger partial charge on any atom is 0.124 e. The monoisotopic (exact) mass is 311 g/mol. The van der Waals surface area contributed by atoms with Gasteiger partial charge in [-0.3, -0.25) is 0 Å². The van der Waals surface area contributed by atoms with Crippen molar-refractivity contribution in [3.05, 3.63) is 39.6 Å². The lowest BCUT2D eigenvalue weighted by Crippen LogP contribution is -2.16. The van der Waals surface area contributed by atoms with Crippen molar-refractivity contribution in [3.8, 4) is 0 Å².